The van der Waals surface area contributed by atoms with Crippen LogP contribution in [0.1, 0.15) is 11.1 Å². The first kappa shape index (κ1) is 9.98. The number of fused-ring (bicyclic) bond motifs is 1. The molecule has 0 unspecified atom stereocenters. The van der Waals surface area contributed by atoms with Crippen molar-refractivity contribution in [3.8, 4) is 5.75 Å². The van der Waals surface area contributed by atoms with Crippen LogP contribution in [0.3, 0.4) is 0 Å². The molecule has 0 spiro atoms. The molecule has 0 amide bonds. The van der Waals surface area contributed by atoms with Gasteiger partial charge in [0, 0.05) is 4.70 Å². The van der Waals surface area contributed by atoms with Gasteiger partial charge in [0.05, 0.1) is 6.42 Å². The lowest BCUT2D eigenvalue weighted by Crippen LogP contribution is -1.98. The monoisotopic (exact) mass is 222 g/mol. The van der Waals surface area contributed by atoms with Gasteiger partial charge in [-0.2, -0.15) is 0 Å². The number of carboxylic acid groups (broad SMARTS) is 1. The van der Waals surface area contributed by atoms with Crippen LogP contribution >= 0.6 is 11.3 Å². The van der Waals surface area contributed by atoms with Crippen molar-refractivity contribution >= 4 is 27.4 Å². The number of thiophene rings is 1. The Hall–Kier alpha value is -1.55. The van der Waals surface area contributed by atoms with Gasteiger partial charge < -0.3 is 10.2 Å². The van der Waals surface area contributed by atoms with Crippen molar-refractivity contribution in [2.24, 2.45) is 0 Å². The lowest BCUT2D eigenvalue weighted by molar-refractivity contribution is -0.136. The molecule has 2 rings (SSSR count). The van der Waals surface area contributed by atoms with Gasteiger partial charge in [-0.05, 0) is 40.9 Å². The van der Waals surface area contributed by atoms with Gasteiger partial charge >= 0.3 is 5.97 Å². The molecule has 0 fully saturated rings. The maximum Gasteiger partial charge on any atom is 0.307 e. The standard InChI is InChI=1S/C11H10O3S/c1-6-2-8-7(3-11(13)14)5-15-10(8)4-9(6)12/h2,4-5,12H,3H2,1H3,(H,13,14). The fourth-order valence-electron chi connectivity index (χ4n) is 1.52. The van der Waals surface area contributed by atoms with Gasteiger partial charge in [0.25, 0.3) is 0 Å². The highest BCUT2D eigenvalue weighted by atomic mass is 32.1. The fourth-order valence-corrected chi connectivity index (χ4v) is 2.50. The van der Waals surface area contributed by atoms with Crippen LogP contribution in [-0.2, 0) is 11.2 Å². The maximum atomic E-state index is 10.6. The summed E-state index contributed by atoms with van der Waals surface area (Å²) >= 11 is 1.46. The minimum absolute atomic E-state index is 0.0320. The molecule has 0 aliphatic carbocycles. The second-order valence-electron chi connectivity index (χ2n) is 3.47. The number of benzene rings is 1. The predicted molar refractivity (Wildman–Crippen MR) is 59.6 cm³/mol. The number of carbonyl (C=O) groups is 1. The molecule has 15 heavy (non-hydrogen) atoms. The lowest BCUT2D eigenvalue weighted by atomic mass is 10.1. The smallest absolute Gasteiger partial charge is 0.307 e. The number of aromatic hydroxyl groups is 1. The Bertz CT molecular complexity index is 528. The SMILES string of the molecule is Cc1cc2c(CC(=O)O)csc2cc1O. The second kappa shape index (κ2) is 3.55. The Morgan fingerprint density at radius 2 is 2.20 bits per heavy atom. The molecular formula is C11H10O3S. The number of rotatable bonds is 2. The minimum Gasteiger partial charge on any atom is -0.508 e. The Morgan fingerprint density at radius 3 is 2.87 bits per heavy atom. The average Bonchev–Trinajstić information content (AvgIpc) is 2.49. The summed E-state index contributed by atoms with van der Waals surface area (Å²) in [7, 11) is 0. The first-order valence-corrected chi connectivity index (χ1v) is 5.37. The summed E-state index contributed by atoms with van der Waals surface area (Å²) in [6.07, 6.45) is 0.0320. The molecule has 3 nitrogen and oxygen atoms in total. The first-order chi connectivity index (χ1) is 7.08. The molecule has 0 aliphatic rings. The zero-order chi connectivity index (χ0) is 11.0. The van der Waals surface area contributed by atoms with Crippen molar-refractivity contribution in [1.29, 1.82) is 0 Å². The number of phenolic OH excluding ortho intramolecular Hbond substituents is 1. The van der Waals surface area contributed by atoms with Crippen molar-refractivity contribution in [3.05, 3.63) is 28.6 Å². The van der Waals surface area contributed by atoms with Crippen LogP contribution in [0.4, 0.5) is 0 Å². The van der Waals surface area contributed by atoms with Crippen LogP contribution in [0.5, 0.6) is 5.75 Å². The highest BCUT2D eigenvalue weighted by Crippen LogP contribution is 2.31. The molecular weight excluding hydrogens is 212 g/mol. The molecule has 4 heteroatoms. The minimum atomic E-state index is -0.833. The summed E-state index contributed by atoms with van der Waals surface area (Å²) in [6.45, 7) is 1.80. The molecule has 78 valence electrons. The van der Waals surface area contributed by atoms with Crippen molar-refractivity contribution < 1.29 is 15.0 Å². The zero-order valence-corrected chi connectivity index (χ0v) is 8.97. The predicted octanol–water partition coefficient (Wildman–Crippen LogP) is 2.54. The lowest BCUT2D eigenvalue weighted by Gasteiger charge is -2.00. The third-order valence-corrected chi connectivity index (χ3v) is 3.31. The Morgan fingerprint density at radius 1 is 1.47 bits per heavy atom. The molecule has 0 aliphatic heterocycles. The molecule has 0 atom stereocenters. The summed E-state index contributed by atoms with van der Waals surface area (Å²) in [4.78, 5) is 10.6. The van der Waals surface area contributed by atoms with E-state index in [1.165, 1.54) is 11.3 Å². The van der Waals surface area contributed by atoms with Crippen molar-refractivity contribution in [3.63, 3.8) is 0 Å². The summed E-state index contributed by atoms with van der Waals surface area (Å²) in [5.41, 5.74) is 1.58. The second-order valence-corrected chi connectivity index (χ2v) is 4.38. The van der Waals surface area contributed by atoms with Gasteiger partial charge in [0.2, 0.25) is 0 Å². The van der Waals surface area contributed by atoms with E-state index in [1.54, 1.807) is 13.0 Å². The van der Waals surface area contributed by atoms with Crippen LogP contribution < -0.4 is 0 Å². The van der Waals surface area contributed by atoms with Crippen LogP contribution in [0.15, 0.2) is 17.5 Å². The molecule has 1 aromatic carbocycles. The Labute approximate surface area is 90.6 Å². The number of aryl methyl sites for hydroxylation is 1. The quantitative estimate of drug-likeness (QED) is 0.821. The summed E-state index contributed by atoms with van der Waals surface area (Å²) in [5, 5.41) is 21.0. The number of carboxylic acids is 1. The van der Waals surface area contributed by atoms with Crippen molar-refractivity contribution in [1.82, 2.24) is 0 Å². The molecule has 1 heterocycles. The number of aliphatic carboxylic acids is 1. The van der Waals surface area contributed by atoms with Gasteiger partial charge in [-0.15, -0.1) is 11.3 Å². The maximum absolute atomic E-state index is 10.6. The third kappa shape index (κ3) is 1.80. The van der Waals surface area contributed by atoms with Gasteiger partial charge in [-0.25, -0.2) is 0 Å². The topological polar surface area (TPSA) is 57.5 Å². The van der Waals surface area contributed by atoms with E-state index in [-0.39, 0.29) is 12.2 Å². The fraction of sp³-hybridized carbons (Fsp3) is 0.182. The van der Waals surface area contributed by atoms with Crippen LogP contribution in [0, 0.1) is 6.92 Å². The highest BCUT2D eigenvalue weighted by Gasteiger charge is 2.09. The summed E-state index contributed by atoms with van der Waals surface area (Å²) in [6, 6.07) is 3.51. The van der Waals surface area contributed by atoms with Crippen molar-refractivity contribution in [2.45, 2.75) is 13.3 Å². The zero-order valence-electron chi connectivity index (χ0n) is 8.15. The number of phenols is 1. The Kier molecular flexibility index (Phi) is 2.36. The third-order valence-electron chi connectivity index (χ3n) is 2.31. The summed E-state index contributed by atoms with van der Waals surface area (Å²) in [5.74, 6) is -0.577. The molecule has 0 saturated carbocycles. The largest absolute Gasteiger partial charge is 0.508 e. The van der Waals surface area contributed by atoms with E-state index in [0.717, 1.165) is 21.2 Å². The first-order valence-electron chi connectivity index (χ1n) is 4.49. The molecule has 0 radical (unpaired) electrons. The van der Waals surface area contributed by atoms with Gasteiger partial charge in [0.15, 0.2) is 0 Å². The van der Waals surface area contributed by atoms with Crippen LogP contribution in [-0.4, -0.2) is 16.2 Å². The molecule has 2 N–H and O–H groups in total. The van der Waals surface area contributed by atoms with E-state index in [4.69, 9.17) is 5.11 Å². The number of hydrogen-bond donors (Lipinski definition) is 2. The van der Waals surface area contributed by atoms with Gasteiger partial charge in [0.1, 0.15) is 5.75 Å². The van der Waals surface area contributed by atoms with Gasteiger partial charge in [-0.3, -0.25) is 4.79 Å². The molecule has 0 bridgehead atoms. The van der Waals surface area contributed by atoms with E-state index in [1.807, 2.05) is 11.4 Å². The van der Waals surface area contributed by atoms with Gasteiger partial charge in [-0.1, -0.05) is 0 Å². The van der Waals surface area contributed by atoms with E-state index >= 15 is 0 Å². The highest BCUT2D eigenvalue weighted by molar-refractivity contribution is 7.17. The molecule has 0 saturated heterocycles. The van der Waals surface area contributed by atoms with E-state index in [0.29, 0.717) is 0 Å². The summed E-state index contributed by atoms with van der Waals surface area (Å²) < 4.78 is 0.925. The number of hydrogen-bond acceptors (Lipinski definition) is 3. The molecule has 2 aromatic rings. The van der Waals surface area contributed by atoms with Crippen LogP contribution in [0.25, 0.3) is 10.1 Å². The normalized spacial score (nSPS) is 10.7. The van der Waals surface area contributed by atoms with Crippen LogP contribution in [0.2, 0.25) is 0 Å². The molecule has 1 aromatic heterocycles. The average molecular weight is 222 g/mol. The van der Waals surface area contributed by atoms with E-state index in [9.17, 15) is 9.90 Å². The Balaban J connectivity index is 2.59. The van der Waals surface area contributed by atoms with E-state index < -0.39 is 5.97 Å². The van der Waals surface area contributed by atoms with E-state index in [2.05, 4.69) is 0 Å². The van der Waals surface area contributed by atoms with Crippen molar-refractivity contribution in [2.75, 3.05) is 0 Å².